The van der Waals surface area contributed by atoms with E-state index in [1.807, 2.05) is 26.1 Å². The predicted octanol–water partition coefficient (Wildman–Crippen LogP) is 0.549. The van der Waals surface area contributed by atoms with Crippen molar-refractivity contribution in [3.05, 3.63) is 18.5 Å². The van der Waals surface area contributed by atoms with E-state index in [-0.39, 0.29) is 23.5 Å². The number of aliphatic hydroxyl groups is 1. The van der Waals surface area contributed by atoms with Gasteiger partial charge in [-0.2, -0.15) is 5.10 Å². The third-order valence-electron chi connectivity index (χ3n) is 3.68. The van der Waals surface area contributed by atoms with Crippen LogP contribution in [0.3, 0.4) is 0 Å². The van der Waals surface area contributed by atoms with Gasteiger partial charge in [-0.15, -0.1) is 0 Å². The number of aromatic nitrogens is 2. The van der Waals surface area contributed by atoms with Crippen LogP contribution in [0.5, 0.6) is 0 Å². The summed E-state index contributed by atoms with van der Waals surface area (Å²) >= 11 is 0. The van der Waals surface area contributed by atoms with Gasteiger partial charge in [0.25, 0.3) is 0 Å². The summed E-state index contributed by atoms with van der Waals surface area (Å²) in [7, 11) is 0. The van der Waals surface area contributed by atoms with Crippen LogP contribution in [0.1, 0.15) is 26.7 Å². The molecule has 0 bridgehead atoms. The second kappa shape index (κ2) is 4.49. The SMILES string of the molecule is CC1(C)C(O)CC1NC(=O)CCn1cccn1. The van der Waals surface area contributed by atoms with E-state index in [4.69, 9.17) is 0 Å². The number of rotatable bonds is 4. The molecule has 2 atom stereocenters. The number of hydrogen-bond donors (Lipinski definition) is 2. The van der Waals surface area contributed by atoms with Gasteiger partial charge >= 0.3 is 0 Å². The Balaban J connectivity index is 1.75. The highest BCUT2D eigenvalue weighted by atomic mass is 16.3. The van der Waals surface area contributed by atoms with Gasteiger partial charge in [-0.05, 0) is 12.5 Å². The van der Waals surface area contributed by atoms with Crippen LogP contribution in [0.2, 0.25) is 0 Å². The molecule has 1 amide bonds. The summed E-state index contributed by atoms with van der Waals surface area (Å²) in [6, 6.07) is 1.92. The van der Waals surface area contributed by atoms with Crippen molar-refractivity contribution in [2.24, 2.45) is 5.41 Å². The van der Waals surface area contributed by atoms with Crippen LogP contribution in [-0.2, 0) is 11.3 Å². The summed E-state index contributed by atoms with van der Waals surface area (Å²) in [5, 5.41) is 16.6. The number of aliphatic hydroxyl groups excluding tert-OH is 1. The van der Waals surface area contributed by atoms with Gasteiger partial charge in [0.15, 0.2) is 0 Å². The van der Waals surface area contributed by atoms with Gasteiger partial charge < -0.3 is 10.4 Å². The van der Waals surface area contributed by atoms with Crippen LogP contribution in [0.15, 0.2) is 18.5 Å². The lowest BCUT2D eigenvalue weighted by molar-refractivity contribution is -0.129. The van der Waals surface area contributed by atoms with E-state index in [1.54, 1.807) is 10.9 Å². The Morgan fingerprint density at radius 1 is 1.65 bits per heavy atom. The molecule has 1 fully saturated rings. The standard InChI is InChI=1S/C12H19N3O2/c1-12(2)9(8-10(12)16)14-11(17)4-7-15-6-3-5-13-15/h3,5-6,9-10,16H,4,7-8H2,1-2H3,(H,14,17). The molecule has 1 saturated carbocycles. The van der Waals surface area contributed by atoms with Crippen molar-refractivity contribution in [3.8, 4) is 0 Å². The van der Waals surface area contributed by atoms with Gasteiger partial charge in [0.2, 0.25) is 5.91 Å². The van der Waals surface area contributed by atoms with E-state index in [2.05, 4.69) is 10.4 Å². The first-order valence-electron chi connectivity index (χ1n) is 5.95. The number of nitrogens with one attached hydrogen (secondary N) is 1. The van der Waals surface area contributed by atoms with Crippen molar-refractivity contribution >= 4 is 5.91 Å². The fourth-order valence-electron chi connectivity index (χ4n) is 2.06. The lowest BCUT2D eigenvalue weighted by atomic mass is 9.64. The molecular formula is C12H19N3O2. The Bertz CT molecular complexity index is 386. The molecule has 0 aliphatic heterocycles. The molecule has 5 heteroatoms. The molecule has 5 nitrogen and oxygen atoms in total. The van der Waals surface area contributed by atoms with Gasteiger partial charge in [-0.25, -0.2) is 0 Å². The highest BCUT2D eigenvalue weighted by molar-refractivity contribution is 5.76. The van der Waals surface area contributed by atoms with Crippen LogP contribution in [0.4, 0.5) is 0 Å². The molecule has 2 unspecified atom stereocenters. The molecular weight excluding hydrogens is 218 g/mol. The smallest absolute Gasteiger partial charge is 0.222 e. The lowest BCUT2D eigenvalue weighted by Gasteiger charge is -2.49. The van der Waals surface area contributed by atoms with Gasteiger partial charge in [-0.3, -0.25) is 9.48 Å². The molecule has 17 heavy (non-hydrogen) atoms. The first-order chi connectivity index (χ1) is 8.00. The fraction of sp³-hybridized carbons (Fsp3) is 0.667. The van der Waals surface area contributed by atoms with Crippen molar-refractivity contribution in [2.45, 2.75) is 45.4 Å². The summed E-state index contributed by atoms with van der Waals surface area (Å²) in [6.45, 7) is 4.54. The monoisotopic (exact) mass is 237 g/mol. The van der Waals surface area contributed by atoms with Crippen LogP contribution in [-0.4, -0.2) is 32.9 Å². The molecule has 1 heterocycles. The molecule has 1 aliphatic carbocycles. The van der Waals surface area contributed by atoms with E-state index >= 15 is 0 Å². The highest BCUT2D eigenvalue weighted by Gasteiger charge is 2.47. The van der Waals surface area contributed by atoms with Gasteiger partial charge in [0.05, 0.1) is 6.10 Å². The van der Waals surface area contributed by atoms with Crippen molar-refractivity contribution in [1.82, 2.24) is 15.1 Å². The molecule has 2 N–H and O–H groups in total. The van der Waals surface area contributed by atoms with Crippen LogP contribution < -0.4 is 5.32 Å². The molecule has 1 aromatic heterocycles. The fourth-order valence-corrected chi connectivity index (χ4v) is 2.06. The second-order valence-corrected chi connectivity index (χ2v) is 5.21. The minimum absolute atomic E-state index is 0.0190. The van der Waals surface area contributed by atoms with Crippen molar-refractivity contribution in [1.29, 1.82) is 0 Å². The largest absolute Gasteiger partial charge is 0.392 e. The number of nitrogens with zero attached hydrogens (tertiary/aromatic N) is 2. The predicted molar refractivity (Wildman–Crippen MR) is 63.2 cm³/mol. The number of carbonyl (C=O) groups is 1. The van der Waals surface area contributed by atoms with E-state index in [1.165, 1.54) is 0 Å². The molecule has 0 aromatic carbocycles. The maximum Gasteiger partial charge on any atom is 0.222 e. The quantitative estimate of drug-likeness (QED) is 0.803. The molecule has 0 saturated heterocycles. The Morgan fingerprint density at radius 3 is 2.94 bits per heavy atom. The van der Waals surface area contributed by atoms with E-state index < -0.39 is 0 Å². The van der Waals surface area contributed by atoms with Crippen molar-refractivity contribution in [3.63, 3.8) is 0 Å². The van der Waals surface area contributed by atoms with Crippen molar-refractivity contribution < 1.29 is 9.90 Å². The molecule has 0 spiro atoms. The summed E-state index contributed by atoms with van der Waals surface area (Å²) in [5.74, 6) is 0.0190. The average Bonchev–Trinajstić information content (AvgIpc) is 2.79. The minimum Gasteiger partial charge on any atom is -0.392 e. The maximum atomic E-state index is 11.7. The van der Waals surface area contributed by atoms with Crippen LogP contribution in [0, 0.1) is 5.41 Å². The number of hydrogen-bond acceptors (Lipinski definition) is 3. The summed E-state index contributed by atoms with van der Waals surface area (Å²) in [5.41, 5.74) is -0.207. The average molecular weight is 237 g/mol. The maximum absolute atomic E-state index is 11.7. The first-order valence-corrected chi connectivity index (χ1v) is 5.95. The Hall–Kier alpha value is -1.36. The van der Waals surface area contributed by atoms with Crippen LogP contribution in [0.25, 0.3) is 0 Å². The first kappa shape index (κ1) is 12.1. The Morgan fingerprint density at radius 2 is 2.41 bits per heavy atom. The molecule has 0 radical (unpaired) electrons. The third-order valence-corrected chi connectivity index (χ3v) is 3.68. The Kier molecular flexibility index (Phi) is 3.19. The Labute approximate surface area is 101 Å². The second-order valence-electron chi connectivity index (χ2n) is 5.21. The summed E-state index contributed by atoms with van der Waals surface area (Å²) in [6.07, 6.45) is 4.30. The zero-order valence-electron chi connectivity index (χ0n) is 10.3. The van der Waals surface area contributed by atoms with Crippen LogP contribution >= 0.6 is 0 Å². The normalized spacial score (nSPS) is 26.3. The summed E-state index contributed by atoms with van der Waals surface area (Å²) in [4.78, 5) is 11.7. The molecule has 1 aromatic rings. The van der Waals surface area contributed by atoms with Gasteiger partial charge in [-0.1, -0.05) is 13.8 Å². The minimum atomic E-state index is -0.307. The van der Waals surface area contributed by atoms with Gasteiger partial charge in [0.1, 0.15) is 0 Å². The molecule has 94 valence electrons. The number of carbonyl (C=O) groups excluding carboxylic acids is 1. The molecule has 1 aliphatic rings. The highest BCUT2D eigenvalue weighted by Crippen LogP contribution is 2.40. The zero-order chi connectivity index (χ0) is 12.5. The topological polar surface area (TPSA) is 67.2 Å². The van der Waals surface area contributed by atoms with E-state index in [0.29, 0.717) is 19.4 Å². The van der Waals surface area contributed by atoms with Crippen molar-refractivity contribution in [2.75, 3.05) is 0 Å². The third kappa shape index (κ3) is 2.49. The van der Waals surface area contributed by atoms with E-state index in [0.717, 1.165) is 0 Å². The number of amides is 1. The van der Waals surface area contributed by atoms with Gasteiger partial charge in [0, 0.05) is 36.8 Å². The zero-order valence-corrected chi connectivity index (χ0v) is 10.3. The van der Waals surface area contributed by atoms with E-state index in [9.17, 15) is 9.90 Å². The summed E-state index contributed by atoms with van der Waals surface area (Å²) < 4.78 is 1.74. The number of aryl methyl sites for hydroxylation is 1. The molecule has 2 rings (SSSR count). The lowest BCUT2D eigenvalue weighted by Crippen LogP contribution is -2.61.